The average molecular weight is 653 g/mol. The maximum absolute atomic E-state index is 13.6. The third-order valence-electron chi connectivity index (χ3n) is 7.64. The quantitative estimate of drug-likeness (QED) is 0.109. The van der Waals surface area contributed by atoms with Crippen LogP contribution in [0.25, 0.3) is 0 Å². The smallest absolute Gasteiger partial charge is 0.339 e. The maximum atomic E-state index is 13.6. The van der Waals surface area contributed by atoms with E-state index in [9.17, 15) is 75.3 Å². The predicted molar refractivity (Wildman–Crippen MR) is 144 cm³/mol. The highest BCUT2D eigenvalue weighted by Crippen LogP contribution is 2.50. The van der Waals surface area contributed by atoms with Gasteiger partial charge in [-0.25, -0.2) is 14.4 Å². The summed E-state index contributed by atoms with van der Waals surface area (Å²) in [6, 6.07) is 2.18. The SMILES string of the molecule is Cc1c(O)cc(C(=O)OC2COC(=O)C3C[C@@H](O)C(O)=C(O)[C@H]3c3c(cc(O)c(O)c3O)C(=O)OC2C(O)C(O)C(=O)O)cc1O. The molecule has 0 aromatic heterocycles. The number of phenols is 5. The minimum absolute atomic E-state index is 0.0315. The molecule has 0 spiro atoms. The molecule has 7 atom stereocenters. The van der Waals surface area contributed by atoms with Crippen molar-refractivity contribution in [1.29, 1.82) is 0 Å². The summed E-state index contributed by atoms with van der Waals surface area (Å²) < 4.78 is 15.6. The third-order valence-corrected chi connectivity index (χ3v) is 7.64. The molecule has 0 bridgehead atoms. The van der Waals surface area contributed by atoms with Gasteiger partial charge in [0.05, 0.1) is 23.0 Å². The number of esters is 3. The molecule has 0 amide bonds. The normalized spacial score (nSPS) is 24.7. The van der Waals surface area contributed by atoms with Crippen molar-refractivity contribution in [3.05, 3.63) is 52.0 Å². The highest BCUT2D eigenvalue weighted by Gasteiger charge is 2.49. The van der Waals surface area contributed by atoms with Crippen LogP contribution in [0.15, 0.2) is 29.7 Å². The number of aliphatic carboxylic acids is 1. The molecule has 0 radical (unpaired) electrons. The fourth-order valence-electron chi connectivity index (χ4n) is 5.07. The van der Waals surface area contributed by atoms with Gasteiger partial charge in [-0.05, 0) is 31.5 Å². The summed E-state index contributed by atoms with van der Waals surface area (Å²) in [5.74, 6) is -17.4. The minimum Gasteiger partial charge on any atom is -0.508 e. The first-order valence-corrected chi connectivity index (χ1v) is 13.2. The van der Waals surface area contributed by atoms with Crippen LogP contribution >= 0.6 is 0 Å². The van der Waals surface area contributed by atoms with E-state index in [1.165, 1.54) is 6.92 Å². The molecular weight excluding hydrogens is 624 g/mol. The Kier molecular flexibility index (Phi) is 9.09. The van der Waals surface area contributed by atoms with Crippen LogP contribution in [0.3, 0.4) is 0 Å². The molecule has 2 aliphatic rings. The van der Waals surface area contributed by atoms with Gasteiger partial charge in [0, 0.05) is 11.1 Å². The van der Waals surface area contributed by atoms with Gasteiger partial charge in [0.2, 0.25) is 5.75 Å². The Balaban J connectivity index is 1.91. The Bertz CT molecular complexity index is 1610. The lowest BCUT2D eigenvalue weighted by Gasteiger charge is -2.33. The van der Waals surface area contributed by atoms with Gasteiger partial charge >= 0.3 is 23.9 Å². The summed E-state index contributed by atoms with van der Waals surface area (Å²) in [6.45, 7) is 0.127. The Labute approximate surface area is 256 Å². The summed E-state index contributed by atoms with van der Waals surface area (Å²) in [7, 11) is 0. The molecule has 2 aromatic carbocycles. The van der Waals surface area contributed by atoms with E-state index >= 15 is 0 Å². The Morgan fingerprint density at radius 1 is 0.913 bits per heavy atom. The molecule has 0 saturated heterocycles. The number of allylic oxidation sites excluding steroid dienone is 1. The first-order valence-electron chi connectivity index (χ1n) is 13.2. The first-order chi connectivity index (χ1) is 21.5. The molecule has 46 heavy (non-hydrogen) atoms. The van der Waals surface area contributed by atoms with E-state index in [-0.39, 0.29) is 5.56 Å². The van der Waals surface area contributed by atoms with Gasteiger partial charge in [0.15, 0.2) is 35.6 Å². The molecule has 11 N–H and O–H groups in total. The highest BCUT2D eigenvalue weighted by atomic mass is 16.6. The molecule has 5 unspecified atom stereocenters. The summed E-state index contributed by atoms with van der Waals surface area (Å²) in [5, 5.41) is 113. The first kappa shape index (κ1) is 33.4. The number of aliphatic hydroxyl groups excluding tert-OH is 5. The van der Waals surface area contributed by atoms with Gasteiger partial charge in [-0.3, -0.25) is 4.79 Å². The van der Waals surface area contributed by atoms with Crippen LogP contribution < -0.4 is 0 Å². The van der Waals surface area contributed by atoms with Crippen molar-refractivity contribution in [1.82, 2.24) is 0 Å². The van der Waals surface area contributed by atoms with Crippen LogP contribution in [0, 0.1) is 12.8 Å². The zero-order valence-corrected chi connectivity index (χ0v) is 23.5. The molecule has 1 aliphatic heterocycles. The molecule has 248 valence electrons. The lowest BCUT2D eigenvalue weighted by molar-refractivity contribution is -0.171. The van der Waals surface area contributed by atoms with Crippen LogP contribution in [0.2, 0.25) is 0 Å². The van der Waals surface area contributed by atoms with Crippen LogP contribution in [-0.4, -0.2) is 117 Å². The number of rotatable bonds is 5. The second-order valence-corrected chi connectivity index (χ2v) is 10.5. The Hall–Kier alpha value is -5.46. The second kappa shape index (κ2) is 12.5. The molecule has 4 rings (SSSR count). The van der Waals surface area contributed by atoms with Crippen LogP contribution in [0.5, 0.6) is 28.7 Å². The molecule has 0 fully saturated rings. The van der Waals surface area contributed by atoms with E-state index in [0.717, 1.165) is 12.1 Å². The number of aliphatic hydroxyl groups is 5. The van der Waals surface area contributed by atoms with Crippen LogP contribution in [0.4, 0.5) is 0 Å². The van der Waals surface area contributed by atoms with Crippen molar-refractivity contribution >= 4 is 23.9 Å². The fraction of sp³-hybridized carbons (Fsp3) is 0.357. The highest BCUT2D eigenvalue weighted by molar-refractivity contribution is 5.95. The van der Waals surface area contributed by atoms with E-state index < -0.39 is 136 Å². The van der Waals surface area contributed by atoms with Gasteiger partial charge in [-0.2, -0.15) is 0 Å². The number of hydrogen-bond donors (Lipinski definition) is 11. The topological polar surface area (TPSA) is 318 Å². The molecule has 2 aromatic rings. The molecule has 1 heterocycles. The number of carboxylic acids is 1. The van der Waals surface area contributed by atoms with Gasteiger partial charge in [-0.1, -0.05) is 0 Å². The Morgan fingerprint density at radius 3 is 2.11 bits per heavy atom. The van der Waals surface area contributed by atoms with Crippen molar-refractivity contribution < 1.29 is 89.6 Å². The number of cyclic esters (lactones) is 2. The number of phenolic OH excluding ortho intramolecular Hbond substituents is 5. The molecule has 1 aliphatic carbocycles. The number of ether oxygens (including phenoxy) is 3. The molecule has 18 nitrogen and oxygen atoms in total. The predicted octanol–water partition coefficient (Wildman–Crippen LogP) is -0.571. The largest absolute Gasteiger partial charge is 0.508 e. The number of carbonyl (C=O) groups excluding carboxylic acids is 3. The zero-order valence-electron chi connectivity index (χ0n) is 23.5. The zero-order chi connectivity index (χ0) is 34.4. The van der Waals surface area contributed by atoms with Gasteiger partial charge in [-0.15, -0.1) is 0 Å². The van der Waals surface area contributed by atoms with Crippen molar-refractivity contribution in [2.45, 2.75) is 49.8 Å². The number of benzene rings is 2. The van der Waals surface area contributed by atoms with Crippen LogP contribution in [0.1, 0.15) is 44.2 Å². The fourth-order valence-corrected chi connectivity index (χ4v) is 5.07. The van der Waals surface area contributed by atoms with E-state index in [2.05, 4.69) is 0 Å². The Morgan fingerprint density at radius 2 is 1.52 bits per heavy atom. The number of aromatic hydroxyl groups is 5. The second-order valence-electron chi connectivity index (χ2n) is 10.5. The van der Waals surface area contributed by atoms with E-state index in [4.69, 9.17) is 14.2 Å². The van der Waals surface area contributed by atoms with Crippen molar-refractivity contribution in [3.8, 4) is 28.7 Å². The summed E-state index contributed by atoms with van der Waals surface area (Å²) in [6.07, 6.45) is -12.6. The number of fused-ring (bicyclic) bond motifs is 3. The van der Waals surface area contributed by atoms with E-state index in [0.29, 0.717) is 6.07 Å². The van der Waals surface area contributed by atoms with Gasteiger partial charge in [0.1, 0.15) is 36.1 Å². The van der Waals surface area contributed by atoms with Crippen molar-refractivity contribution in [3.63, 3.8) is 0 Å². The number of carbonyl (C=O) groups is 4. The summed E-state index contributed by atoms with van der Waals surface area (Å²) >= 11 is 0. The number of hydrogen-bond acceptors (Lipinski definition) is 17. The van der Waals surface area contributed by atoms with Gasteiger partial charge in [0.25, 0.3) is 0 Å². The maximum Gasteiger partial charge on any atom is 0.339 e. The van der Waals surface area contributed by atoms with E-state index in [1.807, 2.05) is 0 Å². The third kappa shape index (κ3) is 5.95. The minimum atomic E-state index is -2.74. The van der Waals surface area contributed by atoms with Crippen molar-refractivity contribution in [2.75, 3.05) is 6.61 Å². The summed E-state index contributed by atoms with van der Waals surface area (Å²) in [4.78, 5) is 51.6. The standard InChI is InChI=1S/C28H28O18/c1-7-11(29)2-8(3-12(7)30)26(41)45-15-6-44-27(42)9-4-13(31)18(33)20(35)16(9)17-10(5-14(32)19(34)21(17)36)28(43)46-24(15)22(37)23(38)25(39)40/h2-3,5,9,13,15-16,22-24,29-38H,4,6H2,1H3,(H,39,40)/t9?,13-,15?,16-,22?,23?,24?/m1/s1. The summed E-state index contributed by atoms with van der Waals surface area (Å²) in [5.41, 5.74) is -2.37. The lowest BCUT2D eigenvalue weighted by atomic mass is 9.74. The molecular formula is C28H28O18. The monoisotopic (exact) mass is 652 g/mol. The van der Waals surface area contributed by atoms with E-state index in [1.54, 1.807) is 0 Å². The lowest BCUT2D eigenvalue weighted by Crippen LogP contribution is -2.52. The van der Waals surface area contributed by atoms with Crippen LogP contribution in [-0.2, 0) is 23.8 Å². The molecule has 0 saturated carbocycles. The van der Waals surface area contributed by atoms with Gasteiger partial charge < -0.3 is 70.4 Å². The average Bonchev–Trinajstić information content (AvgIpc) is 3.01. The van der Waals surface area contributed by atoms with Crippen molar-refractivity contribution in [2.24, 2.45) is 5.92 Å². The number of carboxylic acid groups (broad SMARTS) is 1. The molecule has 18 heteroatoms.